The van der Waals surface area contributed by atoms with E-state index in [9.17, 15) is 0 Å². The minimum Gasteiger partial charge on any atom is -0.497 e. The maximum atomic E-state index is 5.97. The SMILES string of the molecule is COc1ccc(Nc2nc(NN=C(C)c3ccc(Cl)cc3)nc(Nc3ccccc3)n2)cc1. The van der Waals surface area contributed by atoms with Crippen molar-refractivity contribution in [1.29, 1.82) is 0 Å². The number of hydrogen-bond donors (Lipinski definition) is 3. The molecule has 0 unspecified atom stereocenters. The van der Waals surface area contributed by atoms with E-state index >= 15 is 0 Å². The third-order valence-electron chi connectivity index (χ3n) is 4.60. The summed E-state index contributed by atoms with van der Waals surface area (Å²) in [4.78, 5) is 13.4. The fourth-order valence-corrected chi connectivity index (χ4v) is 3.01. The van der Waals surface area contributed by atoms with Crippen molar-refractivity contribution in [2.24, 2.45) is 5.10 Å². The molecule has 4 rings (SSSR count). The molecule has 0 radical (unpaired) electrons. The van der Waals surface area contributed by atoms with Crippen LogP contribution in [0.4, 0.5) is 29.2 Å². The van der Waals surface area contributed by atoms with Gasteiger partial charge in [-0.3, -0.25) is 0 Å². The van der Waals surface area contributed by atoms with Crippen molar-refractivity contribution in [1.82, 2.24) is 15.0 Å². The van der Waals surface area contributed by atoms with Gasteiger partial charge in [-0.05, 0) is 61.0 Å². The van der Waals surface area contributed by atoms with Gasteiger partial charge in [0.15, 0.2) is 0 Å². The van der Waals surface area contributed by atoms with Gasteiger partial charge in [0.2, 0.25) is 17.8 Å². The zero-order chi connectivity index (χ0) is 23.0. The summed E-state index contributed by atoms with van der Waals surface area (Å²) in [6.07, 6.45) is 0. The first-order chi connectivity index (χ1) is 16.1. The molecule has 0 aliphatic carbocycles. The molecule has 1 aromatic heterocycles. The van der Waals surface area contributed by atoms with Crippen LogP contribution in [0.15, 0.2) is 84.0 Å². The maximum absolute atomic E-state index is 5.97. The fourth-order valence-electron chi connectivity index (χ4n) is 2.88. The second-order valence-corrected chi connectivity index (χ2v) is 7.40. The Kier molecular flexibility index (Phi) is 6.96. The van der Waals surface area contributed by atoms with Gasteiger partial charge in [-0.1, -0.05) is 41.9 Å². The molecule has 0 saturated heterocycles. The van der Waals surface area contributed by atoms with E-state index < -0.39 is 0 Å². The largest absolute Gasteiger partial charge is 0.497 e. The van der Waals surface area contributed by atoms with Crippen molar-refractivity contribution in [3.63, 3.8) is 0 Å². The molecule has 3 aromatic carbocycles. The van der Waals surface area contributed by atoms with Crippen LogP contribution >= 0.6 is 11.6 Å². The van der Waals surface area contributed by atoms with Gasteiger partial charge < -0.3 is 15.4 Å². The molecule has 8 nitrogen and oxygen atoms in total. The molecule has 0 aliphatic heterocycles. The van der Waals surface area contributed by atoms with Crippen LogP contribution in [0.5, 0.6) is 5.75 Å². The lowest BCUT2D eigenvalue weighted by Gasteiger charge is -2.11. The van der Waals surface area contributed by atoms with Crippen molar-refractivity contribution >= 4 is 46.5 Å². The molecule has 0 saturated carbocycles. The Balaban J connectivity index is 1.59. The van der Waals surface area contributed by atoms with Crippen molar-refractivity contribution < 1.29 is 4.74 Å². The third kappa shape index (κ3) is 6.18. The molecule has 0 aliphatic rings. The molecule has 9 heteroatoms. The van der Waals surface area contributed by atoms with E-state index in [1.54, 1.807) is 7.11 Å². The number of methoxy groups -OCH3 is 1. The summed E-state index contributed by atoms with van der Waals surface area (Å²) in [5, 5.41) is 11.5. The maximum Gasteiger partial charge on any atom is 0.250 e. The van der Waals surface area contributed by atoms with Gasteiger partial charge in [0.1, 0.15) is 5.75 Å². The number of nitrogens with zero attached hydrogens (tertiary/aromatic N) is 4. The highest BCUT2D eigenvalue weighted by Gasteiger charge is 2.08. The monoisotopic (exact) mass is 459 g/mol. The molecule has 0 atom stereocenters. The van der Waals surface area contributed by atoms with Gasteiger partial charge in [-0.15, -0.1) is 0 Å². The number of benzene rings is 3. The van der Waals surface area contributed by atoms with Crippen LogP contribution in [0.25, 0.3) is 0 Å². The minimum atomic E-state index is 0.285. The van der Waals surface area contributed by atoms with E-state index in [-0.39, 0.29) is 5.95 Å². The highest BCUT2D eigenvalue weighted by molar-refractivity contribution is 6.30. The van der Waals surface area contributed by atoms with Crippen LogP contribution in [0.3, 0.4) is 0 Å². The number of para-hydroxylation sites is 1. The Labute approximate surface area is 196 Å². The number of nitrogens with one attached hydrogen (secondary N) is 3. The van der Waals surface area contributed by atoms with Crippen LogP contribution in [0.1, 0.15) is 12.5 Å². The summed E-state index contributed by atoms with van der Waals surface area (Å²) < 4.78 is 5.21. The topological polar surface area (TPSA) is 96.4 Å². The number of hydrogen-bond acceptors (Lipinski definition) is 8. The number of halogens is 1. The summed E-state index contributed by atoms with van der Waals surface area (Å²) in [6.45, 7) is 1.89. The lowest BCUT2D eigenvalue weighted by molar-refractivity contribution is 0.415. The molecular formula is C24H22ClN7O. The molecule has 33 heavy (non-hydrogen) atoms. The van der Waals surface area contributed by atoms with E-state index in [0.29, 0.717) is 16.9 Å². The smallest absolute Gasteiger partial charge is 0.250 e. The van der Waals surface area contributed by atoms with Crippen molar-refractivity contribution in [3.8, 4) is 5.75 Å². The molecule has 1 heterocycles. The van der Waals surface area contributed by atoms with Gasteiger partial charge in [0.05, 0.1) is 12.8 Å². The number of ether oxygens (including phenoxy) is 1. The number of anilines is 5. The van der Waals surface area contributed by atoms with E-state index in [1.807, 2.05) is 85.8 Å². The normalized spacial score (nSPS) is 11.1. The van der Waals surface area contributed by atoms with E-state index in [2.05, 4.69) is 36.1 Å². The summed E-state index contributed by atoms with van der Waals surface area (Å²) in [6, 6.07) is 24.5. The van der Waals surface area contributed by atoms with Crippen molar-refractivity contribution in [2.75, 3.05) is 23.2 Å². The van der Waals surface area contributed by atoms with Crippen molar-refractivity contribution in [3.05, 3.63) is 89.4 Å². The average molecular weight is 460 g/mol. The highest BCUT2D eigenvalue weighted by Crippen LogP contribution is 2.21. The second-order valence-electron chi connectivity index (χ2n) is 6.97. The van der Waals surface area contributed by atoms with Crippen LogP contribution in [0, 0.1) is 0 Å². The Morgan fingerprint density at radius 1 is 0.758 bits per heavy atom. The molecule has 0 bridgehead atoms. The zero-order valence-electron chi connectivity index (χ0n) is 18.1. The molecule has 3 N–H and O–H groups in total. The first-order valence-electron chi connectivity index (χ1n) is 10.1. The Morgan fingerprint density at radius 3 is 1.94 bits per heavy atom. The highest BCUT2D eigenvalue weighted by atomic mass is 35.5. The zero-order valence-corrected chi connectivity index (χ0v) is 18.8. The summed E-state index contributed by atoms with van der Waals surface area (Å²) in [7, 11) is 1.63. The lowest BCUT2D eigenvalue weighted by atomic mass is 10.1. The molecular weight excluding hydrogens is 438 g/mol. The first-order valence-corrected chi connectivity index (χ1v) is 10.5. The summed E-state index contributed by atoms with van der Waals surface area (Å²) in [5.41, 5.74) is 6.27. The van der Waals surface area contributed by atoms with Gasteiger partial charge in [0, 0.05) is 16.4 Å². The van der Waals surface area contributed by atoms with E-state index in [1.165, 1.54) is 0 Å². The molecule has 0 spiro atoms. The van der Waals surface area contributed by atoms with Crippen LogP contribution < -0.4 is 20.8 Å². The van der Waals surface area contributed by atoms with Crippen LogP contribution in [0.2, 0.25) is 5.02 Å². The minimum absolute atomic E-state index is 0.285. The first kappa shape index (κ1) is 22.0. The Hall–Kier alpha value is -4.17. The van der Waals surface area contributed by atoms with Gasteiger partial charge in [0.25, 0.3) is 0 Å². The Morgan fingerprint density at radius 2 is 1.33 bits per heavy atom. The standard InChI is InChI=1S/C24H22ClN7O/c1-16(17-8-10-18(25)11-9-17)31-32-24-29-22(26-19-6-4-3-5-7-19)28-23(30-24)27-20-12-14-21(33-2)15-13-20/h3-15H,1-2H3,(H3,26,27,28,29,30,32). The Bertz CT molecular complexity index is 1230. The molecule has 0 amide bonds. The number of aromatic nitrogens is 3. The fraction of sp³-hybridized carbons (Fsp3) is 0.0833. The lowest BCUT2D eigenvalue weighted by Crippen LogP contribution is -2.08. The molecule has 166 valence electrons. The number of hydrazone groups is 1. The van der Waals surface area contributed by atoms with E-state index in [4.69, 9.17) is 16.3 Å². The predicted molar refractivity (Wildman–Crippen MR) is 133 cm³/mol. The van der Waals surface area contributed by atoms with Gasteiger partial charge >= 0.3 is 0 Å². The average Bonchev–Trinajstić information content (AvgIpc) is 2.84. The predicted octanol–water partition coefficient (Wildman–Crippen LogP) is 5.86. The summed E-state index contributed by atoms with van der Waals surface area (Å²) in [5.74, 6) is 1.77. The van der Waals surface area contributed by atoms with Crippen LogP contribution in [-0.2, 0) is 0 Å². The number of rotatable bonds is 8. The molecule has 0 fully saturated rings. The second kappa shape index (κ2) is 10.4. The van der Waals surface area contributed by atoms with Crippen LogP contribution in [-0.4, -0.2) is 27.8 Å². The summed E-state index contributed by atoms with van der Waals surface area (Å²) >= 11 is 5.97. The van der Waals surface area contributed by atoms with E-state index in [0.717, 1.165) is 28.4 Å². The third-order valence-corrected chi connectivity index (χ3v) is 4.85. The van der Waals surface area contributed by atoms with Crippen molar-refractivity contribution in [2.45, 2.75) is 6.92 Å². The molecule has 4 aromatic rings. The van der Waals surface area contributed by atoms with Gasteiger partial charge in [-0.2, -0.15) is 20.1 Å². The van der Waals surface area contributed by atoms with Gasteiger partial charge in [-0.25, -0.2) is 5.43 Å². The quantitative estimate of drug-likeness (QED) is 0.224.